The standard InChI is InChI=1S/C32H50O8/c1-9-30(6,28(36)40-32(8)22-13-20-12-21(15-22)16-23(32)14-20)18-31(7,17-19(2)25(33)39-29(3,4)5)27(35)38-24-10-11-37-26(24)34/h19-24H,9-18H2,1-8H3. The number of hydrogen-bond donors (Lipinski definition) is 0. The molecule has 0 aromatic heterocycles. The predicted molar refractivity (Wildman–Crippen MR) is 148 cm³/mol. The first-order valence-corrected chi connectivity index (χ1v) is 15.3. The summed E-state index contributed by atoms with van der Waals surface area (Å²) in [5, 5.41) is 0. The summed E-state index contributed by atoms with van der Waals surface area (Å²) in [6.07, 6.45) is 5.80. The number of ether oxygens (including phenoxy) is 4. The van der Waals surface area contributed by atoms with Gasteiger partial charge in [0.25, 0.3) is 0 Å². The van der Waals surface area contributed by atoms with Crippen molar-refractivity contribution in [1.29, 1.82) is 0 Å². The first-order chi connectivity index (χ1) is 18.5. The lowest BCUT2D eigenvalue weighted by atomic mass is 9.50. The zero-order valence-electron chi connectivity index (χ0n) is 25.8. The summed E-state index contributed by atoms with van der Waals surface area (Å²) < 4.78 is 22.8. The van der Waals surface area contributed by atoms with E-state index in [1.54, 1.807) is 34.6 Å². The van der Waals surface area contributed by atoms with Crippen LogP contribution in [0.25, 0.3) is 0 Å². The van der Waals surface area contributed by atoms with E-state index in [0.29, 0.717) is 24.7 Å². The maximum absolute atomic E-state index is 14.1. The molecule has 5 rings (SSSR count). The van der Waals surface area contributed by atoms with Crippen LogP contribution >= 0.6 is 0 Å². The van der Waals surface area contributed by atoms with Crippen molar-refractivity contribution in [3.05, 3.63) is 0 Å². The van der Waals surface area contributed by atoms with Crippen LogP contribution in [0.5, 0.6) is 0 Å². The summed E-state index contributed by atoms with van der Waals surface area (Å²) >= 11 is 0. The maximum Gasteiger partial charge on any atom is 0.347 e. The highest BCUT2D eigenvalue weighted by molar-refractivity contribution is 5.85. The third kappa shape index (κ3) is 6.20. The summed E-state index contributed by atoms with van der Waals surface area (Å²) in [4.78, 5) is 52.8. The number of hydrogen-bond acceptors (Lipinski definition) is 8. The highest BCUT2D eigenvalue weighted by Gasteiger charge is 2.58. The number of esters is 4. The second-order valence-corrected chi connectivity index (χ2v) is 15.0. The van der Waals surface area contributed by atoms with Gasteiger partial charge in [0.05, 0.1) is 23.4 Å². The molecule has 4 bridgehead atoms. The van der Waals surface area contributed by atoms with Crippen molar-refractivity contribution in [1.82, 2.24) is 0 Å². The van der Waals surface area contributed by atoms with Gasteiger partial charge in [-0.25, -0.2) is 4.79 Å². The molecule has 0 spiro atoms. The van der Waals surface area contributed by atoms with Crippen LogP contribution in [0.15, 0.2) is 0 Å². The fourth-order valence-corrected chi connectivity index (χ4v) is 8.06. The third-order valence-corrected chi connectivity index (χ3v) is 10.3. The number of rotatable bonds is 10. The van der Waals surface area contributed by atoms with Crippen LogP contribution in [0.4, 0.5) is 0 Å². The van der Waals surface area contributed by atoms with Gasteiger partial charge in [-0.15, -0.1) is 0 Å². The smallest absolute Gasteiger partial charge is 0.347 e. The summed E-state index contributed by atoms with van der Waals surface area (Å²) in [7, 11) is 0. The quantitative estimate of drug-likeness (QED) is 0.244. The summed E-state index contributed by atoms with van der Waals surface area (Å²) in [5.41, 5.74) is -3.40. The van der Waals surface area contributed by atoms with Crippen molar-refractivity contribution >= 4 is 23.9 Å². The molecule has 0 radical (unpaired) electrons. The zero-order chi connectivity index (χ0) is 29.7. The normalized spacial score (nSPS) is 34.8. The first kappa shape index (κ1) is 30.8. The van der Waals surface area contributed by atoms with Crippen molar-refractivity contribution in [3.63, 3.8) is 0 Å². The molecule has 4 aliphatic carbocycles. The van der Waals surface area contributed by atoms with E-state index in [4.69, 9.17) is 18.9 Å². The molecule has 4 unspecified atom stereocenters. The Bertz CT molecular complexity index is 983. The highest BCUT2D eigenvalue weighted by atomic mass is 16.6. The van der Waals surface area contributed by atoms with Gasteiger partial charge in [-0.1, -0.05) is 13.8 Å². The molecule has 1 saturated heterocycles. The average molecular weight is 563 g/mol. The predicted octanol–water partition coefficient (Wildman–Crippen LogP) is 5.78. The van der Waals surface area contributed by atoms with E-state index in [1.165, 1.54) is 6.42 Å². The first-order valence-electron chi connectivity index (χ1n) is 15.3. The topological polar surface area (TPSA) is 105 Å². The van der Waals surface area contributed by atoms with Gasteiger partial charge in [0, 0.05) is 6.42 Å². The number of cyclic esters (lactones) is 1. The van der Waals surface area contributed by atoms with Crippen molar-refractivity contribution in [3.8, 4) is 0 Å². The minimum Gasteiger partial charge on any atom is -0.463 e. The number of carbonyl (C=O) groups excluding carboxylic acids is 4. The molecule has 1 aliphatic heterocycles. The summed E-state index contributed by atoms with van der Waals surface area (Å²) in [5.74, 6) is -0.267. The van der Waals surface area contributed by atoms with Crippen LogP contribution in [-0.4, -0.2) is 47.8 Å². The van der Waals surface area contributed by atoms with Crippen LogP contribution in [0.2, 0.25) is 0 Å². The Morgan fingerprint density at radius 1 is 0.950 bits per heavy atom. The number of carbonyl (C=O) groups is 4. The molecule has 0 amide bonds. The molecule has 5 aliphatic rings. The van der Waals surface area contributed by atoms with Crippen LogP contribution in [-0.2, 0) is 38.1 Å². The van der Waals surface area contributed by atoms with Gasteiger partial charge in [0.2, 0.25) is 6.10 Å². The van der Waals surface area contributed by atoms with E-state index < -0.39 is 52.0 Å². The van der Waals surface area contributed by atoms with Gasteiger partial charge in [-0.2, -0.15) is 0 Å². The lowest BCUT2D eigenvalue weighted by molar-refractivity contribution is -0.214. The molecular formula is C32H50O8. The van der Waals surface area contributed by atoms with E-state index in [1.807, 2.05) is 13.8 Å². The minimum absolute atomic E-state index is 0.108. The Hall–Kier alpha value is -2.12. The van der Waals surface area contributed by atoms with E-state index in [0.717, 1.165) is 37.5 Å². The van der Waals surface area contributed by atoms with Crippen molar-refractivity contribution in [2.45, 2.75) is 130 Å². The minimum atomic E-state index is -1.24. The molecule has 4 atom stereocenters. The van der Waals surface area contributed by atoms with Crippen molar-refractivity contribution in [2.24, 2.45) is 40.4 Å². The molecule has 226 valence electrons. The van der Waals surface area contributed by atoms with Gasteiger partial charge >= 0.3 is 23.9 Å². The van der Waals surface area contributed by atoms with Crippen LogP contribution in [0, 0.1) is 40.4 Å². The molecule has 40 heavy (non-hydrogen) atoms. The van der Waals surface area contributed by atoms with Crippen LogP contribution in [0.1, 0.15) is 113 Å². The van der Waals surface area contributed by atoms with E-state index in [2.05, 4.69) is 6.92 Å². The molecule has 0 aromatic rings. The second-order valence-electron chi connectivity index (χ2n) is 15.0. The third-order valence-electron chi connectivity index (χ3n) is 10.3. The van der Waals surface area contributed by atoms with Crippen molar-refractivity contribution < 1.29 is 38.1 Å². The van der Waals surface area contributed by atoms with Gasteiger partial charge in [-0.3, -0.25) is 14.4 Å². The molecule has 0 N–H and O–H groups in total. The van der Waals surface area contributed by atoms with Gasteiger partial charge in [0.15, 0.2) is 0 Å². The monoisotopic (exact) mass is 562 g/mol. The molecule has 1 heterocycles. The Kier molecular flexibility index (Phi) is 8.43. The SMILES string of the molecule is CCC(C)(CC(C)(CC(C)C(=O)OC(C)(C)C)C(=O)OC1CCOC1=O)C(=O)OC1(C)C2CC3CC(C2)CC1C3. The second kappa shape index (κ2) is 10.9. The van der Waals surface area contributed by atoms with Gasteiger partial charge in [0.1, 0.15) is 11.2 Å². The largest absolute Gasteiger partial charge is 0.463 e. The average Bonchev–Trinajstić information content (AvgIpc) is 3.25. The molecule has 8 nitrogen and oxygen atoms in total. The lowest BCUT2D eigenvalue weighted by Crippen LogP contribution is -2.59. The Labute approximate surface area is 239 Å². The van der Waals surface area contributed by atoms with Gasteiger partial charge in [-0.05, 0) is 117 Å². The Morgan fingerprint density at radius 3 is 2.00 bits per heavy atom. The Morgan fingerprint density at radius 2 is 1.52 bits per heavy atom. The van der Waals surface area contributed by atoms with Crippen LogP contribution < -0.4 is 0 Å². The van der Waals surface area contributed by atoms with Gasteiger partial charge < -0.3 is 18.9 Å². The van der Waals surface area contributed by atoms with E-state index in [-0.39, 0.29) is 25.4 Å². The maximum atomic E-state index is 14.1. The van der Waals surface area contributed by atoms with Crippen molar-refractivity contribution in [2.75, 3.05) is 6.61 Å². The molecule has 5 fully saturated rings. The fourth-order valence-electron chi connectivity index (χ4n) is 8.06. The molecule has 0 aromatic carbocycles. The summed E-state index contributed by atoms with van der Waals surface area (Å²) in [6.45, 7) is 14.9. The molecular weight excluding hydrogens is 512 g/mol. The van der Waals surface area contributed by atoms with E-state index >= 15 is 0 Å². The summed E-state index contributed by atoms with van der Waals surface area (Å²) in [6, 6.07) is 0. The van der Waals surface area contributed by atoms with E-state index in [9.17, 15) is 19.2 Å². The fraction of sp³-hybridized carbons (Fsp3) is 0.875. The molecule has 8 heteroatoms. The Balaban J connectivity index is 1.55. The lowest BCUT2D eigenvalue weighted by Gasteiger charge is -2.59. The molecule has 4 saturated carbocycles. The van der Waals surface area contributed by atoms with Crippen LogP contribution in [0.3, 0.4) is 0 Å². The zero-order valence-corrected chi connectivity index (χ0v) is 25.8. The highest BCUT2D eigenvalue weighted by Crippen LogP contribution is 2.60.